The number of hydrogen-bond donors (Lipinski definition) is 2. The molecule has 0 bridgehead atoms. The summed E-state index contributed by atoms with van der Waals surface area (Å²) in [7, 11) is -3.73. The van der Waals surface area contributed by atoms with E-state index in [2.05, 4.69) is 0 Å². The first-order valence-corrected chi connectivity index (χ1v) is 7.61. The van der Waals surface area contributed by atoms with Gasteiger partial charge in [-0.05, 0) is 35.9 Å². The molecule has 0 saturated carbocycles. The van der Waals surface area contributed by atoms with Crippen LogP contribution in [0.5, 0.6) is 0 Å². The van der Waals surface area contributed by atoms with Gasteiger partial charge in [0.25, 0.3) is 0 Å². The van der Waals surface area contributed by atoms with Crippen LogP contribution in [0.2, 0.25) is 0 Å². The van der Waals surface area contributed by atoms with Crippen molar-refractivity contribution in [1.82, 2.24) is 0 Å². The predicted octanol–water partition coefficient (Wildman–Crippen LogP) is 1.48. The Balaban J connectivity index is 2.30. The van der Waals surface area contributed by atoms with E-state index < -0.39 is 21.6 Å². The number of carbonyl (C=O) groups is 1. The quantitative estimate of drug-likeness (QED) is 0.835. The van der Waals surface area contributed by atoms with Crippen molar-refractivity contribution in [1.29, 1.82) is 0 Å². The number of halogens is 1. The van der Waals surface area contributed by atoms with Gasteiger partial charge < -0.3 is 11.5 Å². The number of benzene rings is 2. The highest BCUT2D eigenvalue weighted by atomic mass is 32.2. The van der Waals surface area contributed by atoms with Crippen LogP contribution in [0.15, 0.2) is 47.4 Å². The van der Waals surface area contributed by atoms with Crippen molar-refractivity contribution >= 4 is 21.4 Å². The summed E-state index contributed by atoms with van der Waals surface area (Å²) in [5.41, 5.74) is 11.3. The van der Waals surface area contributed by atoms with Gasteiger partial charge in [-0.25, -0.2) is 12.8 Å². The lowest BCUT2D eigenvalue weighted by molar-refractivity contribution is 0.100. The molecular formula is C14H13FN2O3S. The van der Waals surface area contributed by atoms with E-state index in [1.807, 2.05) is 0 Å². The van der Waals surface area contributed by atoms with Gasteiger partial charge in [-0.1, -0.05) is 12.1 Å². The molecule has 4 N–H and O–H groups in total. The fraction of sp³-hybridized carbons (Fsp3) is 0.0714. The Labute approximate surface area is 121 Å². The van der Waals surface area contributed by atoms with Crippen LogP contribution in [0.25, 0.3) is 0 Å². The predicted molar refractivity (Wildman–Crippen MR) is 76.7 cm³/mol. The molecule has 0 radical (unpaired) electrons. The van der Waals surface area contributed by atoms with Gasteiger partial charge >= 0.3 is 0 Å². The molecule has 21 heavy (non-hydrogen) atoms. The van der Waals surface area contributed by atoms with Crippen molar-refractivity contribution in [3.05, 3.63) is 59.4 Å². The zero-order valence-electron chi connectivity index (χ0n) is 10.9. The molecule has 0 saturated heterocycles. The van der Waals surface area contributed by atoms with Gasteiger partial charge in [0.05, 0.1) is 10.6 Å². The number of primary amides is 1. The van der Waals surface area contributed by atoms with E-state index in [0.717, 1.165) is 12.1 Å². The van der Waals surface area contributed by atoms with Crippen LogP contribution in [-0.2, 0) is 15.6 Å². The number of nitrogen functional groups attached to an aromatic ring is 1. The Hall–Kier alpha value is -2.41. The van der Waals surface area contributed by atoms with Crippen molar-refractivity contribution in [2.24, 2.45) is 5.73 Å². The molecule has 2 aromatic carbocycles. The van der Waals surface area contributed by atoms with Gasteiger partial charge in [0, 0.05) is 11.3 Å². The molecule has 0 aliphatic heterocycles. The highest BCUT2D eigenvalue weighted by Gasteiger charge is 2.17. The molecule has 7 heteroatoms. The third-order valence-electron chi connectivity index (χ3n) is 2.85. The minimum absolute atomic E-state index is 0.0395. The second kappa shape index (κ2) is 5.53. The molecule has 2 rings (SSSR count). The lowest BCUT2D eigenvalue weighted by Crippen LogP contribution is -2.11. The van der Waals surface area contributed by atoms with Crippen LogP contribution in [0.3, 0.4) is 0 Å². The van der Waals surface area contributed by atoms with E-state index in [1.54, 1.807) is 0 Å². The summed E-state index contributed by atoms with van der Waals surface area (Å²) < 4.78 is 37.7. The van der Waals surface area contributed by atoms with E-state index in [4.69, 9.17) is 11.5 Å². The average molecular weight is 308 g/mol. The zero-order chi connectivity index (χ0) is 15.6. The molecular weight excluding hydrogens is 295 g/mol. The van der Waals surface area contributed by atoms with Crippen LogP contribution < -0.4 is 11.5 Å². The van der Waals surface area contributed by atoms with E-state index in [-0.39, 0.29) is 21.9 Å². The van der Waals surface area contributed by atoms with Crippen molar-refractivity contribution in [3.8, 4) is 0 Å². The fourth-order valence-electron chi connectivity index (χ4n) is 1.83. The molecule has 5 nitrogen and oxygen atoms in total. The topological polar surface area (TPSA) is 103 Å². The Kier molecular flexibility index (Phi) is 3.95. The van der Waals surface area contributed by atoms with Crippen molar-refractivity contribution < 1.29 is 17.6 Å². The van der Waals surface area contributed by atoms with Crippen molar-refractivity contribution in [2.75, 3.05) is 5.73 Å². The smallest absolute Gasteiger partial charge is 0.248 e. The zero-order valence-corrected chi connectivity index (χ0v) is 11.7. The fourth-order valence-corrected chi connectivity index (χ4v) is 3.24. The molecule has 0 aliphatic rings. The van der Waals surface area contributed by atoms with Gasteiger partial charge in [-0.2, -0.15) is 0 Å². The number of sulfone groups is 1. The first-order valence-electron chi connectivity index (χ1n) is 5.95. The number of carbonyl (C=O) groups excluding carboxylic acids is 1. The summed E-state index contributed by atoms with van der Waals surface area (Å²) in [5.74, 6) is -1.63. The molecule has 1 amide bonds. The van der Waals surface area contributed by atoms with Crippen LogP contribution in [0, 0.1) is 5.82 Å². The van der Waals surface area contributed by atoms with Crippen LogP contribution >= 0.6 is 0 Å². The molecule has 0 aliphatic carbocycles. The Morgan fingerprint density at radius 1 is 1.10 bits per heavy atom. The highest BCUT2D eigenvalue weighted by molar-refractivity contribution is 7.90. The van der Waals surface area contributed by atoms with Gasteiger partial charge in [0.2, 0.25) is 5.91 Å². The monoisotopic (exact) mass is 308 g/mol. The third-order valence-corrected chi connectivity index (χ3v) is 4.52. The van der Waals surface area contributed by atoms with Crippen molar-refractivity contribution in [3.63, 3.8) is 0 Å². The van der Waals surface area contributed by atoms with Crippen molar-refractivity contribution in [2.45, 2.75) is 10.6 Å². The molecule has 0 heterocycles. The molecule has 110 valence electrons. The number of anilines is 1. The van der Waals surface area contributed by atoms with E-state index in [1.165, 1.54) is 30.3 Å². The number of hydrogen-bond acceptors (Lipinski definition) is 4. The Morgan fingerprint density at radius 3 is 2.24 bits per heavy atom. The average Bonchev–Trinajstić information content (AvgIpc) is 2.37. The maximum Gasteiger partial charge on any atom is 0.248 e. The second-order valence-corrected chi connectivity index (χ2v) is 6.53. The van der Waals surface area contributed by atoms with Gasteiger partial charge in [-0.15, -0.1) is 0 Å². The first kappa shape index (κ1) is 15.0. The summed E-state index contributed by atoms with van der Waals surface area (Å²) in [5, 5.41) is 0. The Bertz CT molecular complexity index is 766. The van der Waals surface area contributed by atoms with Gasteiger partial charge in [-0.3, -0.25) is 4.79 Å². The summed E-state index contributed by atoms with van der Waals surface area (Å²) in [4.78, 5) is 10.8. The molecule has 0 unspecified atom stereocenters. The summed E-state index contributed by atoms with van der Waals surface area (Å²) in [6.07, 6.45) is 0. The van der Waals surface area contributed by atoms with E-state index in [9.17, 15) is 17.6 Å². The minimum atomic E-state index is -3.73. The summed E-state index contributed by atoms with van der Waals surface area (Å²) in [6.45, 7) is 0. The van der Waals surface area contributed by atoms with E-state index >= 15 is 0 Å². The van der Waals surface area contributed by atoms with Crippen LogP contribution in [-0.4, -0.2) is 14.3 Å². The minimum Gasteiger partial charge on any atom is -0.399 e. The first-order chi connectivity index (χ1) is 9.78. The number of amides is 1. The third kappa shape index (κ3) is 3.57. The normalized spacial score (nSPS) is 11.3. The standard InChI is InChI=1S/C14H13FN2O3S/c15-11-5-12(16)7-13(6-11)21(19,20)8-9-1-3-10(4-2-9)14(17)18/h1-7H,8,16H2,(H2,17,18). The highest BCUT2D eigenvalue weighted by Crippen LogP contribution is 2.20. The summed E-state index contributed by atoms with van der Waals surface area (Å²) in [6, 6.07) is 9.02. The van der Waals surface area contributed by atoms with Gasteiger partial charge in [0.1, 0.15) is 5.82 Å². The lowest BCUT2D eigenvalue weighted by atomic mass is 10.1. The van der Waals surface area contributed by atoms with Crippen LogP contribution in [0.1, 0.15) is 15.9 Å². The maximum absolute atomic E-state index is 13.2. The van der Waals surface area contributed by atoms with Gasteiger partial charge in [0.15, 0.2) is 9.84 Å². The molecule has 0 atom stereocenters. The second-order valence-electron chi connectivity index (χ2n) is 4.54. The summed E-state index contributed by atoms with van der Waals surface area (Å²) >= 11 is 0. The molecule has 0 aromatic heterocycles. The molecule has 2 aromatic rings. The van der Waals surface area contributed by atoms with Crippen LogP contribution in [0.4, 0.5) is 10.1 Å². The Morgan fingerprint density at radius 2 is 1.71 bits per heavy atom. The molecule has 0 fully saturated rings. The maximum atomic E-state index is 13.2. The molecule has 0 spiro atoms. The largest absolute Gasteiger partial charge is 0.399 e. The SMILES string of the molecule is NC(=O)c1ccc(CS(=O)(=O)c2cc(N)cc(F)c2)cc1. The lowest BCUT2D eigenvalue weighted by Gasteiger charge is -2.06. The number of nitrogens with two attached hydrogens (primary N) is 2. The van der Waals surface area contributed by atoms with E-state index in [0.29, 0.717) is 5.56 Å². The number of rotatable bonds is 4.